The summed E-state index contributed by atoms with van der Waals surface area (Å²) in [6, 6.07) is 19.6. The lowest BCUT2D eigenvalue weighted by atomic mass is 9.94. The third kappa shape index (κ3) is 6.04. The summed E-state index contributed by atoms with van der Waals surface area (Å²) in [4.78, 5) is 0. The molecule has 0 bridgehead atoms. The maximum Gasteiger partial charge on any atom is 0.0473 e. The average molecular weight is 435 g/mol. The SMILES string of the molecule is C=C(C)c1ccc(-n2cccc2Cc2cccc(Cl)c2)cc1NC1CCCCC1.CC. The van der Waals surface area contributed by atoms with Gasteiger partial charge in [-0.15, -0.1) is 0 Å². The molecule has 0 radical (unpaired) electrons. The molecule has 1 fully saturated rings. The first-order valence-corrected chi connectivity index (χ1v) is 12.0. The Balaban J connectivity index is 0.00000132. The molecule has 1 N–H and O–H groups in total. The highest BCUT2D eigenvalue weighted by atomic mass is 35.5. The van der Waals surface area contributed by atoms with Crippen molar-refractivity contribution in [3.05, 3.63) is 89.2 Å². The predicted molar refractivity (Wildman–Crippen MR) is 137 cm³/mol. The minimum Gasteiger partial charge on any atom is -0.382 e. The second-order valence-electron chi connectivity index (χ2n) is 8.17. The van der Waals surface area contributed by atoms with Crippen LogP contribution in [0.5, 0.6) is 0 Å². The molecule has 3 heteroatoms. The maximum atomic E-state index is 6.18. The molecule has 0 aliphatic heterocycles. The van der Waals surface area contributed by atoms with Crippen molar-refractivity contribution in [2.75, 3.05) is 5.32 Å². The minimum atomic E-state index is 0.563. The molecule has 1 heterocycles. The number of hydrogen-bond acceptors (Lipinski definition) is 1. The Morgan fingerprint density at radius 2 is 1.81 bits per heavy atom. The van der Waals surface area contributed by atoms with E-state index in [1.165, 1.54) is 60.3 Å². The number of hydrogen-bond donors (Lipinski definition) is 1. The van der Waals surface area contributed by atoms with E-state index in [0.29, 0.717) is 6.04 Å². The number of anilines is 1. The molecule has 0 amide bonds. The summed E-state index contributed by atoms with van der Waals surface area (Å²) in [6.07, 6.45) is 9.50. The topological polar surface area (TPSA) is 17.0 Å². The number of benzene rings is 2. The highest BCUT2D eigenvalue weighted by Crippen LogP contribution is 2.30. The third-order valence-corrected chi connectivity index (χ3v) is 6.05. The lowest BCUT2D eigenvalue weighted by molar-refractivity contribution is 0.462. The van der Waals surface area contributed by atoms with E-state index in [-0.39, 0.29) is 0 Å². The molecule has 0 atom stereocenters. The molecule has 31 heavy (non-hydrogen) atoms. The zero-order valence-corrected chi connectivity index (χ0v) is 19.9. The van der Waals surface area contributed by atoms with Crippen LogP contribution in [0.2, 0.25) is 5.02 Å². The van der Waals surface area contributed by atoms with Crippen molar-refractivity contribution in [3.8, 4) is 5.69 Å². The van der Waals surface area contributed by atoms with Crippen LogP contribution in [0.4, 0.5) is 5.69 Å². The summed E-state index contributed by atoms with van der Waals surface area (Å²) in [5.74, 6) is 0. The first-order valence-electron chi connectivity index (χ1n) is 11.6. The monoisotopic (exact) mass is 434 g/mol. The molecule has 4 rings (SSSR count). The molecule has 1 aliphatic rings. The largest absolute Gasteiger partial charge is 0.382 e. The van der Waals surface area contributed by atoms with Gasteiger partial charge in [0.25, 0.3) is 0 Å². The van der Waals surface area contributed by atoms with Gasteiger partial charge < -0.3 is 9.88 Å². The Hall–Kier alpha value is -2.45. The zero-order chi connectivity index (χ0) is 22.2. The molecule has 164 valence electrons. The van der Waals surface area contributed by atoms with E-state index in [4.69, 9.17) is 11.6 Å². The molecule has 3 aromatic rings. The molecule has 2 nitrogen and oxygen atoms in total. The Morgan fingerprint density at radius 1 is 1.03 bits per heavy atom. The molecular weight excluding hydrogens is 400 g/mol. The van der Waals surface area contributed by atoms with E-state index in [2.05, 4.69) is 66.0 Å². The zero-order valence-electron chi connectivity index (χ0n) is 19.1. The highest BCUT2D eigenvalue weighted by Gasteiger charge is 2.16. The number of allylic oxidation sites excluding steroid dienone is 1. The summed E-state index contributed by atoms with van der Waals surface area (Å²) in [7, 11) is 0. The number of halogens is 1. The van der Waals surface area contributed by atoms with Gasteiger partial charge in [-0.05, 0) is 67.3 Å². The van der Waals surface area contributed by atoms with Gasteiger partial charge in [-0.3, -0.25) is 0 Å². The van der Waals surface area contributed by atoms with Crippen LogP contribution >= 0.6 is 11.6 Å². The standard InChI is InChI=1S/C26H29ClN2.C2H6/c1-19(2)25-14-13-24(18-26(25)28-22-10-4-3-5-11-22)29-15-7-12-23(29)17-20-8-6-9-21(27)16-20;1-2/h6-9,12-16,18,22,28H,1,3-5,10-11,17H2,2H3;1-2H3. The van der Waals surface area contributed by atoms with Crippen molar-refractivity contribution in [2.24, 2.45) is 0 Å². The molecule has 0 saturated heterocycles. The van der Waals surface area contributed by atoms with E-state index in [1.54, 1.807) is 0 Å². The van der Waals surface area contributed by atoms with Crippen LogP contribution in [0.15, 0.2) is 67.4 Å². The van der Waals surface area contributed by atoms with Crippen molar-refractivity contribution in [3.63, 3.8) is 0 Å². The van der Waals surface area contributed by atoms with Crippen LogP contribution in [-0.2, 0) is 6.42 Å². The average Bonchev–Trinajstić information content (AvgIpc) is 3.24. The van der Waals surface area contributed by atoms with Gasteiger partial charge in [0.1, 0.15) is 0 Å². The fourth-order valence-corrected chi connectivity index (χ4v) is 4.52. The van der Waals surface area contributed by atoms with E-state index in [0.717, 1.165) is 17.0 Å². The summed E-state index contributed by atoms with van der Waals surface area (Å²) in [6.45, 7) is 10.3. The van der Waals surface area contributed by atoms with Crippen molar-refractivity contribution in [1.29, 1.82) is 0 Å². The van der Waals surface area contributed by atoms with Gasteiger partial charge in [-0.1, -0.05) is 69.5 Å². The van der Waals surface area contributed by atoms with Gasteiger partial charge in [0.2, 0.25) is 0 Å². The van der Waals surface area contributed by atoms with Crippen LogP contribution in [0.1, 0.15) is 69.7 Å². The lowest BCUT2D eigenvalue weighted by Gasteiger charge is -2.26. The fraction of sp³-hybridized carbons (Fsp3) is 0.357. The normalized spacial score (nSPS) is 13.9. The summed E-state index contributed by atoms with van der Waals surface area (Å²) in [5.41, 5.74) is 7.15. The molecule has 1 saturated carbocycles. The van der Waals surface area contributed by atoms with Crippen molar-refractivity contribution >= 4 is 22.9 Å². The van der Waals surface area contributed by atoms with E-state index < -0.39 is 0 Å². The first kappa shape index (κ1) is 23.2. The number of aromatic nitrogens is 1. The molecule has 1 aliphatic carbocycles. The lowest BCUT2D eigenvalue weighted by Crippen LogP contribution is -2.23. The Labute approximate surface area is 193 Å². The highest BCUT2D eigenvalue weighted by molar-refractivity contribution is 6.30. The number of rotatable bonds is 6. The quantitative estimate of drug-likeness (QED) is 0.411. The van der Waals surface area contributed by atoms with Crippen molar-refractivity contribution in [1.82, 2.24) is 4.57 Å². The molecule has 0 unspecified atom stereocenters. The van der Waals surface area contributed by atoms with E-state index >= 15 is 0 Å². The molecule has 2 aromatic carbocycles. The Kier molecular flexibility index (Phi) is 8.43. The van der Waals surface area contributed by atoms with Crippen LogP contribution in [0.3, 0.4) is 0 Å². The summed E-state index contributed by atoms with van der Waals surface area (Å²) < 4.78 is 2.27. The maximum absolute atomic E-state index is 6.18. The van der Waals surface area contributed by atoms with Crippen LogP contribution in [-0.4, -0.2) is 10.6 Å². The number of nitrogens with zero attached hydrogens (tertiary/aromatic N) is 1. The fourth-order valence-electron chi connectivity index (χ4n) is 4.31. The summed E-state index contributed by atoms with van der Waals surface area (Å²) in [5, 5.41) is 4.60. The van der Waals surface area contributed by atoms with Crippen molar-refractivity contribution in [2.45, 2.75) is 65.3 Å². The molecular formula is C28H35ClN2. The van der Waals surface area contributed by atoms with E-state index in [1.807, 2.05) is 32.0 Å². The van der Waals surface area contributed by atoms with Gasteiger partial charge >= 0.3 is 0 Å². The Bertz CT molecular complexity index is 996. The first-order chi connectivity index (χ1) is 15.1. The minimum absolute atomic E-state index is 0.563. The molecule has 1 aromatic heterocycles. The van der Waals surface area contributed by atoms with Crippen LogP contribution in [0.25, 0.3) is 11.3 Å². The van der Waals surface area contributed by atoms with E-state index in [9.17, 15) is 0 Å². The molecule has 0 spiro atoms. The van der Waals surface area contributed by atoms with Crippen LogP contribution in [0, 0.1) is 0 Å². The Morgan fingerprint density at radius 3 is 2.52 bits per heavy atom. The van der Waals surface area contributed by atoms with Crippen LogP contribution < -0.4 is 5.32 Å². The van der Waals surface area contributed by atoms with Gasteiger partial charge in [0.15, 0.2) is 0 Å². The second kappa shape index (κ2) is 11.2. The van der Waals surface area contributed by atoms with Crippen molar-refractivity contribution < 1.29 is 0 Å². The smallest absolute Gasteiger partial charge is 0.0473 e. The van der Waals surface area contributed by atoms with Gasteiger partial charge in [-0.25, -0.2) is 0 Å². The number of nitrogens with one attached hydrogen (secondary N) is 1. The summed E-state index contributed by atoms with van der Waals surface area (Å²) >= 11 is 6.18. The third-order valence-electron chi connectivity index (χ3n) is 5.81. The van der Waals surface area contributed by atoms with Gasteiger partial charge in [0, 0.05) is 46.3 Å². The predicted octanol–water partition coefficient (Wildman–Crippen LogP) is 8.53. The van der Waals surface area contributed by atoms with Gasteiger partial charge in [0.05, 0.1) is 0 Å². The van der Waals surface area contributed by atoms with Gasteiger partial charge in [-0.2, -0.15) is 0 Å². The second-order valence-corrected chi connectivity index (χ2v) is 8.60.